The van der Waals surface area contributed by atoms with E-state index in [0.29, 0.717) is 12.6 Å². The third-order valence-corrected chi connectivity index (χ3v) is 2.76. The van der Waals surface area contributed by atoms with Gasteiger partial charge in [0.2, 0.25) is 0 Å². The molecule has 2 amide bonds. The van der Waals surface area contributed by atoms with Crippen LogP contribution >= 0.6 is 0 Å². The summed E-state index contributed by atoms with van der Waals surface area (Å²) in [6.45, 7) is 2.59. The molecular formula is C9H16N2O2. The second-order valence-corrected chi connectivity index (χ2v) is 3.72. The van der Waals surface area contributed by atoms with Gasteiger partial charge in [0.25, 0.3) is 0 Å². The predicted molar refractivity (Wildman–Crippen MR) is 48.5 cm³/mol. The van der Waals surface area contributed by atoms with Crippen molar-refractivity contribution in [2.75, 3.05) is 6.54 Å². The SMILES string of the molecule is CCNC(=O)N[C@@H]1C[C@H]2CC[C@@H]1O2. The standard InChI is InChI=1S/C9H16N2O2/c1-2-10-9(12)11-7-5-6-3-4-8(7)13-6/h6-8H,2-5H2,1H3,(H2,10,11,12)/t6-,7-,8+/m1/s1. The average Bonchev–Trinajstić information content (AvgIpc) is 2.65. The van der Waals surface area contributed by atoms with Gasteiger partial charge in [-0.25, -0.2) is 4.79 Å². The lowest BCUT2D eigenvalue weighted by molar-refractivity contribution is 0.0981. The summed E-state index contributed by atoms with van der Waals surface area (Å²) >= 11 is 0. The molecule has 0 aromatic rings. The lowest BCUT2D eigenvalue weighted by Gasteiger charge is -2.19. The first-order valence-corrected chi connectivity index (χ1v) is 4.99. The Balaban J connectivity index is 1.79. The van der Waals surface area contributed by atoms with Gasteiger partial charge in [-0.15, -0.1) is 0 Å². The van der Waals surface area contributed by atoms with Crippen LogP contribution in [-0.2, 0) is 4.74 Å². The first-order chi connectivity index (χ1) is 6.29. The molecule has 13 heavy (non-hydrogen) atoms. The fourth-order valence-electron chi connectivity index (χ4n) is 2.17. The van der Waals surface area contributed by atoms with Crippen LogP contribution in [0.15, 0.2) is 0 Å². The van der Waals surface area contributed by atoms with Gasteiger partial charge in [0.1, 0.15) is 0 Å². The van der Waals surface area contributed by atoms with Gasteiger partial charge < -0.3 is 15.4 Å². The van der Waals surface area contributed by atoms with Crippen molar-refractivity contribution >= 4 is 6.03 Å². The third kappa shape index (κ3) is 1.77. The molecule has 0 radical (unpaired) electrons. The molecule has 0 aliphatic carbocycles. The highest BCUT2D eigenvalue weighted by molar-refractivity contribution is 5.74. The van der Waals surface area contributed by atoms with E-state index >= 15 is 0 Å². The maximum atomic E-state index is 11.2. The summed E-state index contributed by atoms with van der Waals surface area (Å²) in [4.78, 5) is 11.2. The molecule has 2 saturated heterocycles. The number of carbonyl (C=O) groups excluding carboxylic acids is 1. The van der Waals surface area contributed by atoms with Gasteiger partial charge in [0, 0.05) is 6.54 Å². The summed E-state index contributed by atoms with van der Waals surface area (Å²) in [5, 5.41) is 5.66. The minimum atomic E-state index is -0.0661. The Morgan fingerprint density at radius 1 is 1.54 bits per heavy atom. The zero-order chi connectivity index (χ0) is 9.26. The number of amides is 2. The molecule has 2 aliphatic heterocycles. The topological polar surface area (TPSA) is 50.4 Å². The van der Waals surface area contributed by atoms with Gasteiger partial charge in [-0.2, -0.15) is 0 Å². The van der Waals surface area contributed by atoms with Gasteiger partial charge in [0.05, 0.1) is 18.2 Å². The van der Waals surface area contributed by atoms with Gasteiger partial charge in [0.15, 0.2) is 0 Å². The van der Waals surface area contributed by atoms with Crippen molar-refractivity contribution in [3.63, 3.8) is 0 Å². The number of hydrogen-bond donors (Lipinski definition) is 2. The van der Waals surface area contributed by atoms with E-state index in [0.717, 1.165) is 19.3 Å². The van der Waals surface area contributed by atoms with Crippen molar-refractivity contribution in [1.29, 1.82) is 0 Å². The quantitative estimate of drug-likeness (QED) is 0.661. The fraction of sp³-hybridized carbons (Fsp3) is 0.889. The molecule has 0 spiro atoms. The predicted octanol–water partition coefficient (Wildman–Crippen LogP) is 0.625. The fourth-order valence-corrected chi connectivity index (χ4v) is 2.17. The minimum absolute atomic E-state index is 0.0661. The van der Waals surface area contributed by atoms with E-state index in [4.69, 9.17) is 4.74 Å². The van der Waals surface area contributed by atoms with Crippen LogP contribution in [0.1, 0.15) is 26.2 Å². The first-order valence-electron chi connectivity index (χ1n) is 4.99. The van der Waals surface area contributed by atoms with Crippen LogP contribution in [0.5, 0.6) is 0 Å². The zero-order valence-corrected chi connectivity index (χ0v) is 7.88. The maximum Gasteiger partial charge on any atom is 0.315 e. The smallest absolute Gasteiger partial charge is 0.315 e. The van der Waals surface area contributed by atoms with Crippen molar-refractivity contribution in [2.45, 2.75) is 44.4 Å². The molecule has 74 valence electrons. The third-order valence-electron chi connectivity index (χ3n) is 2.76. The second kappa shape index (κ2) is 3.54. The molecule has 0 saturated carbocycles. The van der Waals surface area contributed by atoms with E-state index in [1.165, 1.54) is 0 Å². The minimum Gasteiger partial charge on any atom is -0.373 e. The van der Waals surface area contributed by atoms with Crippen molar-refractivity contribution in [3.8, 4) is 0 Å². The number of rotatable bonds is 2. The van der Waals surface area contributed by atoms with Crippen LogP contribution in [0, 0.1) is 0 Å². The first kappa shape index (κ1) is 8.81. The Bertz CT molecular complexity index is 208. The van der Waals surface area contributed by atoms with E-state index in [1.54, 1.807) is 0 Å². The number of urea groups is 1. The molecule has 0 aromatic carbocycles. The highest BCUT2D eigenvalue weighted by Gasteiger charge is 2.41. The Labute approximate surface area is 78.0 Å². The molecule has 2 rings (SSSR count). The lowest BCUT2D eigenvalue weighted by Crippen LogP contribution is -2.46. The molecule has 3 atom stereocenters. The molecular weight excluding hydrogens is 168 g/mol. The number of hydrogen-bond acceptors (Lipinski definition) is 2. The molecule has 4 nitrogen and oxygen atoms in total. The van der Waals surface area contributed by atoms with Crippen LogP contribution in [0.2, 0.25) is 0 Å². The van der Waals surface area contributed by atoms with Gasteiger partial charge in [-0.1, -0.05) is 0 Å². The zero-order valence-electron chi connectivity index (χ0n) is 7.88. The maximum absolute atomic E-state index is 11.2. The van der Waals surface area contributed by atoms with Crippen molar-refractivity contribution in [1.82, 2.24) is 10.6 Å². The molecule has 0 unspecified atom stereocenters. The van der Waals surface area contributed by atoms with Gasteiger partial charge in [-0.05, 0) is 26.2 Å². The molecule has 2 aliphatic rings. The van der Waals surface area contributed by atoms with E-state index in [2.05, 4.69) is 10.6 Å². The summed E-state index contributed by atoms with van der Waals surface area (Å²) in [6, 6.07) is 0.175. The van der Waals surface area contributed by atoms with Crippen molar-refractivity contribution in [3.05, 3.63) is 0 Å². The van der Waals surface area contributed by atoms with Crippen LogP contribution in [0.3, 0.4) is 0 Å². The van der Waals surface area contributed by atoms with Gasteiger partial charge >= 0.3 is 6.03 Å². The van der Waals surface area contributed by atoms with E-state index in [9.17, 15) is 4.79 Å². The molecule has 4 heteroatoms. The number of fused-ring (bicyclic) bond motifs is 2. The monoisotopic (exact) mass is 184 g/mol. The number of carbonyl (C=O) groups is 1. The van der Waals surface area contributed by atoms with Crippen LogP contribution in [0.4, 0.5) is 4.79 Å². The Hall–Kier alpha value is -0.770. The summed E-state index contributed by atoms with van der Waals surface area (Å²) in [5.74, 6) is 0. The molecule has 0 aromatic heterocycles. The van der Waals surface area contributed by atoms with E-state index < -0.39 is 0 Å². The lowest BCUT2D eigenvalue weighted by atomic mass is 9.96. The van der Waals surface area contributed by atoms with Crippen molar-refractivity contribution in [2.24, 2.45) is 0 Å². The van der Waals surface area contributed by atoms with Crippen LogP contribution in [0.25, 0.3) is 0 Å². The number of ether oxygens (including phenoxy) is 1. The molecule has 2 bridgehead atoms. The van der Waals surface area contributed by atoms with Gasteiger partial charge in [-0.3, -0.25) is 0 Å². The highest BCUT2D eigenvalue weighted by atomic mass is 16.5. The summed E-state index contributed by atoms with van der Waals surface area (Å²) in [6.07, 6.45) is 3.92. The molecule has 2 heterocycles. The van der Waals surface area contributed by atoms with Crippen molar-refractivity contribution < 1.29 is 9.53 Å². The Morgan fingerprint density at radius 2 is 2.38 bits per heavy atom. The van der Waals surface area contributed by atoms with Crippen LogP contribution < -0.4 is 10.6 Å². The van der Waals surface area contributed by atoms with E-state index in [-0.39, 0.29) is 18.2 Å². The Morgan fingerprint density at radius 3 is 2.92 bits per heavy atom. The molecule has 2 fully saturated rings. The second-order valence-electron chi connectivity index (χ2n) is 3.72. The Kier molecular flexibility index (Phi) is 2.40. The molecule has 2 N–H and O–H groups in total. The largest absolute Gasteiger partial charge is 0.373 e. The summed E-state index contributed by atoms with van der Waals surface area (Å²) in [5.41, 5.74) is 0. The van der Waals surface area contributed by atoms with Crippen LogP contribution in [-0.4, -0.2) is 30.8 Å². The average molecular weight is 184 g/mol. The number of nitrogens with one attached hydrogen (secondary N) is 2. The summed E-state index contributed by atoms with van der Waals surface area (Å²) in [7, 11) is 0. The highest BCUT2D eigenvalue weighted by Crippen LogP contribution is 2.34. The normalized spacial score (nSPS) is 36.2. The van der Waals surface area contributed by atoms with E-state index in [1.807, 2.05) is 6.92 Å². The summed E-state index contributed by atoms with van der Waals surface area (Å²) < 4.78 is 5.62.